The summed E-state index contributed by atoms with van der Waals surface area (Å²) in [6.07, 6.45) is -0.192. The number of ether oxygens (including phenoxy) is 2. The number of nitrogens with zero attached hydrogens (tertiary/aromatic N) is 1. The first-order chi connectivity index (χ1) is 18.8. The lowest BCUT2D eigenvalue weighted by Gasteiger charge is -2.38. The third-order valence-corrected chi connectivity index (χ3v) is 6.32. The first kappa shape index (κ1) is 32.1. The quantitative estimate of drug-likeness (QED) is 0.359. The lowest BCUT2D eigenvalue weighted by molar-refractivity contribution is -0.146. The largest absolute Gasteiger partial charge is 0.507 e. The number of carbonyl (C=O) groups is 4. The normalized spacial score (nSPS) is 13.4. The molecule has 3 amide bonds. The Kier molecular flexibility index (Phi) is 11.5. The fraction of sp³-hybridized carbons (Fsp3) is 0.467. The molecule has 2 rings (SSSR count). The van der Waals surface area contributed by atoms with E-state index in [9.17, 15) is 24.3 Å². The number of amides is 3. The molecule has 10 heteroatoms. The van der Waals surface area contributed by atoms with Gasteiger partial charge in [0.15, 0.2) is 0 Å². The number of rotatable bonds is 11. The van der Waals surface area contributed by atoms with Gasteiger partial charge in [-0.3, -0.25) is 14.4 Å². The molecule has 0 aliphatic rings. The van der Waals surface area contributed by atoms with Crippen LogP contribution in [0, 0.1) is 6.92 Å². The van der Waals surface area contributed by atoms with Crippen LogP contribution in [-0.4, -0.2) is 65.2 Å². The highest BCUT2D eigenvalue weighted by molar-refractivity contribution is 5.94. The number of phenols is 1. The Morgan fingerprint density at radius 1 is 1.02 bits per heavy atom. The van der Waals surface area contributed by atoms with Gasteiger partial charge in [-0.1, -0.05) is 55.5 Å². The summed E-state index contributed by atoms with van der Waals surface area (Å²) >= 11 is 0. The van der Waals surface area contributed by atoms with Crippen molar-refractivity contribution in [2.45, 2.75) is 78.1 Å². The number of benzene rings is 2. The molecule has 218 valence electrons. The number of hydrogen-bond donors (Lipinski definition) is 3. The number of esters is 1. The summed E-state index contributed by atoms with van der Waals surface area (Å²) in [7, 11) is 1.20. The van der Waals surface area contributed by atoms with Crippen LogP contribution >= 0.6 is 0 Å². The number of aryl methyl sites for hydroxylation is 1. The van der Waals surface area contributed by atoms with E-state index < -0.39 is 54.1 Å². The number of alkyl carbamates (subject to hydrolysis) is 1. The molecule has 3 unspecified atom stereocenters. The van der Waals surface area contributed by atoms with Gasteiger partial charge in [-0.05, 0) is 52.2 Å². The van der Waals surface area contributed by atoms with Gasteiger partial charge in [0.1, 0.15) is 30.0 Å². The molecule has 0 spiro atoms. The van der Waals surface area contributed by atoms with Gasteiger partial charge in [-0.15, -0.1) is 0 Å². The Balaban J connectivity index is 2.62. The predicted molar refractivity (Wildman–Crippen MR) is 151 cm³/mol. The van der Waals surface area contributed by atoms with Crippen LogP contribution in [0.15, 0.2) is 48.5 Å². The first-order valence-electron chi connectivity index (χ1n) is 13.3. The summed E-state index contributed by atoms with van der Waals surface area (Å²) in [5.41, 5.74) is 0.676. The Bertz CT molecular complexity index is 1180. The van der Waals surface area contributed by atoms with E-state index in [-0.39, 0.29) is 17.7 Å². The zero-order valence-electron chi connectivity index (χ0n) is 24.3. The zero-order valence-corrected chi connectivity index (χ0v) is 24.3. The molecule has 0 bridgehead atoms. The van der Waals surface area contributed by atoms with Crippen LogP contribution in [0.3, 0.4) is 0 Å². The SMILES string of the molecule is CCC(C)N(C(=O)C(Cc1ccccc1)NC(=O)OC(C)(C)C)C(C(=O)NCC(=O)OC)c1cccc(C)c1O. The molecule has 40 heavy (non-hydrogen) atoms. The first-order valence-corrected chi connectivity index (χ1v) is 13.3. The molecule has 2 aromatic carbocycles. The van der Waals surface area contributed by atoms with Crippen molar-refractivity contribution < 1.29 is 33.8 Å². The summed E-state index contributed by atoms with van der Waals surface area (Å²) in [6.45, 7) is 10.0. The van der Waals surface area contributed by atoms with Gasteiger partial charge in [0, 0.05) is 18.0 Å². The molecular formula is C30H41N3O7. The summed E-state index contributed by atoms with van der Waals surface area (Å²) in [6, 6.07) is 11.1. The second kappa shape index (κ2) is 14.3. The van der Waals surface area contributed by atoms with Crippen molar-refractivity contribution in [3.05, 3.63) is 65.2 Å². The van der Waals surface area contributed by atoms with Crippen molar-refractivity contribution in [1.29, 1.82) is 0 Å². The van der Waals surface area contributed by atoms with Crippen molar-refractivity contribution >= 4 is 23.9 Å². The molecule has 10 nitrogen and oxygen atoms in total. The van der Waals surface area contributed by atoms with Crippen molar-refractivity contribution in [3.63, 3.8) is 0 Å². The second-order valence-electron chi connectivity index (χ2n) is 10.6. The molecule has 0 radical (unpaired) electrons. The average molecular weight is 556 g/mol. The summed E-state index contributed by atoms with van der Waals surface area (Å²) < 4.78 is 10.1. The molecule has 0 aliphatic carbocycles. The van der Waals surface area contributed by atoms with Crippen LogP contribution in [0.1, 0.15) is 63.8 Å². The topological polar surface area (TPSA) is 134 Å². The van der Waals surface area contributed by atoms with Crippen molar-refractivity contribution in [2.75, 3.05) is 13.7 Å². The molecule has 3 N–H and O–H groups in total. The molecule has 0 fully saturated rings. The number of aromatic hydroxyl groups is 1. The lowest BCUT2D eigenvalue weighted by Crippen LogP contribution is -2.56. The smallest absolute Gasteiger partial charge is 0.408 e. The number of hydrogen-bond acceptors (Lipinski definition) is 7. The number of nitrogens with one attached hydrogen (secondary N) is 2. The van der Waals surface area contributed by atoms with E-state index in [4.69, 9.17) is 4.74 Å². The minimum Gasteiger partial charge on any atom is -0.507 e. The average Bonchev–Trinajstić information content (AvgIpc) is 2.90. The van der Waals surface area contributed by atoms with Crippen LogP contribution in [-0.2, 0) is 30.3 Å². The molecular weight excluding hydrogens is 514 g/mol. The van der Waals surface area contributed by atoms with E-state index in [0.717, 1.165) is 5.56 Å². The molecule has 3 atom stereocenters. The van der Waals surface area contributed by atoms with E-state index >= 15 is 0 Å². The second-order valence-corrected chi connectivity index (χ2v) is 10.6. The number of para-hydroxylation sites is 1. The molecule has 0 aliphatic heterocycles. The Morgan fingerprint density at radius 3 is 2.25 bits per heavy atom. The van der Waals surface area contributed by atoms with Gasteiger partial charge in [-0.25, -0.2) is 4.79 Å². The molecule has 0 saturated heterocycles. The van der Waals surface area contributed by atoms with E-state index in [1.807, 2.05) is 37.3 Å². The van der Waals surface area contributed by atoms with Crippen LogP contribution < -0.4 is 10.6 Å². The third kappa shape index (κ3) is 9.00. The van der Waals surface area contributed by atoms with E-state index in [2.05, 4.69) is 15.4 Å². The standard InChI is InChI=1S/C30H41N3O7/c1-8-20(3)33(25(27(36)31-18-24(34)39-7)22-16-12-13-19(2)26(22)35)28(37)23(17-21-14-10-9-11-15-21)32-29(38)40-30(4,5)6/h9-16,20,23,25,35H,8,17-18H2,1-7H3,(H,31,36)(H,32,38). The van der Waals surface area contributed by atoms with Crippen LogP contribution in [0.2, 0.25) is 0 Å². The Labute approximate surface area is 236 Å². The number of methoxy groups -OCH3 is 1. The van der Waals surface area contributed by atoms with E-state index in [0.29, 0.717) is 12.0 Å². The van der Waals surface area contributed by atoms with Gasteiger partial charge in [0.25, 0.3) is 0 Å². The van der Waals surface area contributed by atoms with Crippen LogP contribution in [0.4, 0.5) is 4.79 Å². The number of phenolic OH excluding ortho intramolecular Hbond substituents is 1. The minimum absolute atomic E-state index is 0.127. The highest BCUT2D eigenvalue weighted by atomic mass is 16.6. The highest BCUT2D eigenvalue weighted by Crippen LogP contribution is 2.34. The minimum atomic E-state index is -1.31. The highest BCUT2D eigenvalue weighted by Gasteiger charge is 2.40. The number of carbonyl (C=O) groups excluding carboxylic acids is 4. The van der Waals surface area contributed by atoms with Crippen LogP contribution in [0.5, 0.6) is 5.75 Å². The Morgan fingerprint density at radius 2 is 1.68 bits per heavy atom. The van der Waals surface area contributed by atoms with Gasteiger partial charge >= 0.3 is 12.1 Å². The zero-order chi connectivity index (χ0) is 30.0. The molecule has 0 aromatic heterocycles. The fourth-order valence-corrected chi connectivity index (χ4v) is 4.12. The summed E-state index contributed by atoms with van der Waals surface area (Å²) in [4.78, 5) is 54.0. The Hall–Kier alpha value is -4.08. The molecule has 2 aromatic rings. The van der Waals surface area contributed by atoms with Crippen LogP contribution in [0.25, 0.3) is 0 Å². The lowest BCUT2D eigenvalue weighted by atomic mass is 9.96. The van der Waals surface area contributed by atoms with Crippen molar-refractivity contribution in [2.24, 2.45) is 0 Å². The maximum atomic E-state index is 14.4. The molecule has 0 saturated carbocycles. The third-order valence-electron chi connectivity index (χ3n) is 6.32. The van der Waals surface area contributed by atoms with Gasteiger partial charge in [0.05, 0.1) is 7.11 Å². The van der Waals surface area contributed by atoms with Crippen molar-refractivity contribution in [1.82, 2.24) is 15.5 Å². The maximum Gasteiger partial charge on any atom is 0.408 e. The summed E-state index contributed by atoms with van der Waals surface area (Å²) in [5.74, 6) is -2.06. The van der Waals surface area contributed by atoms with Gasteiger partial charge in [-0.2, -0.15) is 0 Å². The maximum absolute atomic E-state index is 14.4. The monoisotopic (exact) mass is 555 g/mol. The van der Waals surface area contributed by atoms with Crippen molar-refractivity contribution in [3.8, 4) is 5.75 Å². The van der Waals surface area contributed by atoms with E-state index in [1.54, 1.807) is 52.8 Å². The van der Waals surface area contributed by atoms with E-state index in [1.165, 1.54) is 12.0 Å². The fourth-order valence-electron chi connectivity index (χ4n) is 4.12. The predicted octanol–water partition coefficient (Wildman–Crippen LogP) is 3.79. The summed E-state index contributed by atoms with van der Waals surface area (Å²) in [5, 5.41) is 16.2. The molecule has 0 heterocycles. The van der Waals surface area contributed by atoms with Gasteiger partial charge < -0.3 is 30.1 Å². The van der Waals surface area contributed by atoms with Gasteiger partial charge in [0.2, 0.25) is 11.8 Å².